The van der Waals surface area contributed by atoms with Gasteiger partial charge in [0.05, 0.1) is 23.7 Å². The number of ether oxygens (including phenoxy) is 1. The lowest BCUT2D eigenvalue weighted by molar-refractivity contribution is -0.121. The van der Waals surface area contributed by atoms with Crippen LogP contribution in [0, 0.1) is 24.2 Å². The van der Waals surface area contributed by atoms with Crippen molar-refractivity contribution >= 4 is 5.91 Å². The Morgan fingerprint density at radius 2 is 2.12 bits per heavy atom. The van der Waals surface area contributed by atoms with Crippen molar-refractivity contribution in [2.24, 2.45) is 18.7 Å². The van der Waals surface area contributed by atoms with E-state index in [1.54, 1.807) is 24.3 Å². The van der Waals surface area contributed by atoms with Crippen LogP contribution in [-0.4, -0.2) is 46.8 Å². The van der Waals surface area contributed by atoms with Gasteiger partial charge < -0.3 is 10.5 Å². The Labute approximate surface area is 153 Å². The molecule has 1 aromatic carbocycles. The van der Waals surface area contributed by atoms with E-state index in [1.807, 2.05) is 24.9 Å². The summed E-state index contributed by atoms with van der Waals surface area (Å²) in [7, 11) is 1.90. The number of likely N-dealkylation sites (tertiary alicyclic amines) is 1. The van der Waals surface area contributed by atoms with Crippen molar-refractivity contribution < 1.29 is 9.53 Å². The molecule has 0 bridgehead atoms. The molecule has 3 rings (SSSR count). The molecule has 2 atom stereocenters. The average Bonchev–Trinajstić information content (AvgIpc) is 3.20. The fourth-order valence-corrected chi connectivity index (χ4v) is 3.47. The van der Waals surface area contributed by atoms with Crippen LogP contribution in [0.4, 0.5) is 0 Å². The molecule has 26 heavy (non-hydrogen) atoms. The van der Waals surface area contributed by atoms with Crippen LogP contribution < -0.4 is 10.5 Å². The highest BCUT2D eigenvalue weighted by Crippen LogP contribution is 2.33. The van der Waals surface area contributed by atoms with E-state index in [2.05, 4.69) is 16.1 Å². The first-order valence-corrected chi connectivity index (χ1v) is 8.62. The summed E-state index contributed by atoms with van der Waals surface area (Å²) in [4.78, 5) is 14.1. The summed E-state index contributed by atoms with van der Waals surface area (Å²) in [6.45, 7) is 4.62. The Morgan fingerprint density at radius 3 is 2.69 bits per heavy atom. The molecule has 7 heteroatoms. The first kappa shape index (κ1) is 18.0. The maximum Gasteiger partial charge on any atom is 0.222 e. The molecule has 0 radical (unpaired) electrons. The Balaban J connectivity index is 1.60. The topological polar surface area (TPSA) is 97.2 Å². The molecule has 1 amide bonds. The number of hydrogen-bond acceptors (Lipinski definition) is 5. The van der Waals surface area contributed by atoms with Crippen molar-refractivity contribution in [2.75, 3.05) is 26.2 Å². The number of nitrogens with two attached hydrogens (primary N) is 1. The number of carbonyl (C=O) groups excluding carboxylic acids is 1. The highest BCUT2D eigenvalue weighted by atomic mass is 16.5. The predicted molar refractivity (Wildman–Crippen MR) is 96.5 cm³/mol. The molecule has 2 aromatic rings. The summed E-state index contributed by atoms with van der Waals surface area (Å²) in [6, 6.07) is 9.12. The first-order valence-electron chi connectivity index (χ1n) is 8.62. The number of aryl methyl sites for hydroxylation is 1. The van der Waals surface area contributed by atoms with E-state index in [-0.39, 0.29) is 17.7 Å². The van der Waals surface area contributed by atoms with Crippen LogP contribution in [0.15, 0.2) is 30.5 Å². The minimum absolute atomic E-state index is 0.0658. The lowest BCUT2D eigenvalue weighted by Gasteiger charge is -2.16. The zero-order valence-corrected chi connectivity index (χ0v) is 15.1. The van der Waals surface area contributed by atoms with Gasteiger partial charge in [-0.15, -0.1) is 0 Å². The number of aromatic nitrogens is 2. The van der Waals surface area contributed by atoms with E-state index >= 15 is 0 Å². The second-order valence-electron chi connectivity index (χ2n) is 6.67. The molecule has 2 N–H and O–H groups in total. The third kappa shape index (κ3) is 3.70. The summed E-state index contributed by atoms with van der Waals surface area (Å²) < 4.78 is 7.57. The molecule has 7 nitrogen and oxygen atoms in total. The molecule has 1 aromatic heterocycles. The summed E-state index contributed by atoms with van der Waals surface area (Å²) in [6.07, 6.45) is 1.84. The Morgan fingerprint density at radius 1 is 1.38 bits per heavy atom. The zero-order valence-electron chi connectivity index (χ0n) is 15.1. The van der Waals surface area contributed by atoms with Crippen molar-refractivity contribution in [1.29, 1.82) is 5.26 Å². The molecule has 2 heterocycles. The predicted octanol–water partition coefficient (Wildman–Crippen LogP) is 1.18. The number of carbonyl (C=O) groups is 1. The monoisotopic (exact) mass is 353 g/mol. The summed E-state index contributed by atoms with van der Waals surface area (Å²) in [5.74, 6) is 0.312. The molecule has 0 saturated carbocycles. The largest absolute Gasteiger partial charge is 0.492 e. The number of amides is 1. The normalized spacial score (nSPS) is 20.0. The average molecular weight is 353 g/mol. The van der Waals surface area contributed by atoms with Crippen molar-refractivity contribution in [3.05, 3.63) is 47.3 Å². The summed E-state index contributed by atoms with van der Waals surface area (Å²) in [5.41, 5.74) is 8.40. The van der Waals surface area contributed by atoms with Gasteiger partial charge in [-0.25, -0.2) is 0 Å². The van der Waals surface area contributed by atoms with Crippen molar-refractivity contribution in [3.8, 4) is 11.8 Å². The van der Waals surface area contributed by atoms with Crippen molar-refractivity contribution in [2.45, 2.75) is 12.8 Å². The second-order valence-corrected chi connectivity index (χ2v) is 6.67. The molecule has 1 fully saturated rings. The quantitative estimate of drug-likeness (QED) is 0.841. The van der Waals surface area contributed by atoms with E-state index in [9.17, 15) is 4.79 Å². The van der Waals surface area contributed by atoms with Gasteiger partial charge in [-0.1, -0.05) is 0 Å². The van der Waals surface area contributed by atoms with E-state index < -0.39 is 0 Å². The van der Waals surface area contributed by atoms with Gasteiger partial charge in [-0.05, 0) is 36.8 Å². The fraction of sp³-hybridized carbons (Fsp3) is 0.421. The standard InChI is InChI=1S/C19H23N5O2/c1-13-16(10-22-23(13)2)17-11-24(12-18(17)19(21)25)7-8-26-15-5-3-14(9-20)4-6-15/h3-6,10,17-18H,7-8,11-12H2,1-2H3,(H2,21,25)/t17-,18+/m1/s1. The number of nitrogens with zero attached hydrogens (tertiary/aromatic N) is 4. The van der Waals surface area contributed by atoms with Gasteiger partial charge in [0.25, 0.3) is 0 Å². The molecule has 1 saturated heterocycles. The molecule has 0 unspecified atom stereocenters. The summed E-state index contributed by atoms with van der Waals surface area (Å²) >= 11 is 0. The molecule has 136 valence electrons. The van der Waals surface area contributed by atoms with Crippen LogP contribution in [0.3, 0.4) is 0 Å². The van der Waals surface area contributed by atoms with Gasteiger partial charge in [0.2, 0.25) is 5.91 Å². The molecule has 0 aliphatic carbocycles. The minimum atomic E-state index is -0.270. The van der Waals surface area contributed by atoms with Crippen molar-refractivity contribution in [1.82, 2.24) is 14.7 Å². The van der Waals surface area contributed by atoms with E-state index in [0.717, 1.165) is 23.6 Å². The Kier molecular flexibility index (Phi) is 5.24. The smallest absolute Gasteiger partial charge is 0.222 e. The van der Waals surface area contributed by atoms with E-state index in [4.69, 9.17) is 15.7 Å². The Hall–Kier alpha value is -2.85. The highest BCUT2D eigenvalue weighted by Gasteiger charge is 2.38. The van der Waals surface area contributed by atoms with Crippen molar-refractivity contribution in [3.63, 3.8) is 0 Å². The van der Waals surface area contributed by atoms with Crippen LogP contribution in [0.25, 0.3) is 0 Å². The maximum atomic E-state index is 11.9. The maximum absolute atomic E-state index is 11.9. The zero-order chi connectivity index (χ0) is 18.7. The number of nitriles is 1. The fourth-order valence-electron chi connectivity index (χ4n) is 3.47. The highest BCUT2D eigenvalue weighted by molar-refractivity contribution is 5.78. The lowest BCUT2D eigenvalue weighted by atomic mass is 9.89. The van der Waals surface area contributed by atoms with Gasteiger partial charge in [-0.3, -0.25) is 14.4 Å². The SMILES string of the molecule is Cc1c([C@H]2CN(CCOc3ccc(C#N)cc3)C[C@@H]2C(N)=O)cnn1C. The number of primary amides is 1. The van der Waals surface area contributed by atoms with Crippen LogP contribution >= 0.6 is 0 Å². The molecular weight excluding hydrogens is 330 g/mol. The van der Waals surface area contributed by atoms with Crippen LogP contribution in [-0.2, 0) is 11.8 Å². The van der Waals surface area contributed by atoms with Gasteiger partial charge in [-0.2, -0.15) is 10.4 Å². The molecule has 1 aliphatic rings. The number of rotatable bonds is 6. The lowest BCUT2D eigenvalue weighted by Crippen LogP contribution is -2.30. The molecule has 1 aliphatic heterocycles. The third-order valence-corrected chi connectivity index (χ3v) is 5.09. The number of benzene rings is 1. The first-order chi connectivity index (χ1) is 12.5. The second kappa shape index (κ2) is 7.58. The van der Waals surface area contributed by atoms with Crippen LogP contribution in [0.1, 0.15) is 22.7 Å². The van der Waals surface area contributed by atoms with E-state index in [0.29, 0.717) is 25.3 Å². The van der Waals surface area contributed by atoms with Gasteiger partial charge in [0.15, 0.2) is 0 Å². The third-order valence-electron chi connectivity index (χ3n) is 5.09. The van der Waals surface area contributed by atoms with Gasteiger partial charge >= 0.3 is 0 Å². The number of hydrogen-bond donors (Lipinski definition) is 1. The minimum Gasteiger partial charge on any atom is -0.492 e. The van der Waals surface area contributed by atoms with Gasteiger partial charge in [0, 0.05) is 38.3 Å². The molecule has 0 spiro atoms. The summed E-state index contributed by atoms with van der Waals surface area (Å²) in [5, 5.41) is 13.1. The Bertz CT molecular complexity index is 821. The van der Waals surface area contributed by atoms with Crippen LogP contribution in [0.2, 0.25) is 0 Å². The van der Waals surface area contributed by atoms with Crippen LogP contribution in [0.5, 0.6) is 5.75 Å². The van der Waals surface area contributed by atoms with Gasteiger partial charge in [0.1, 0.15) is 12.4 Å². The molecular formula is C19H23N5O2. The van der Waals surface area contributed by atoms with E-state index in [1.165, 1.54) is 0 Å².